The van der Waals surface area contributed by atoms with E-state index >= 15 is 0 Å². The second kappa shape index (κ2) is 11.5. The number of hydrogen-bond acceptors (Lipinski definition) is 8. The van der Waals surface area contributed by atoms with E-state index in [4.69, 9.17) is 21.1 Å². The van der Waals surface area contributed by atoms with Crippen LogP contribution in [0.1, 0.15) is 23.0 Å². The van der Waals surface area contributed by atoms with E-state index in [9.17, 15) is 14.4 Å². The Morgan fingerprint density at radius 1 is 1.31 bits per heavy atom. The number of methoxy groups -OCH3 is 1. The van der Waals surface area contributed by atoms with E-state index in [0.29, 0.717) is 57.8 Å². The monoisotopic (exact) mass is 495 g/mol. The number of ether oxygens (including phenoxy) is 2. The number of thioether (sulfide) groups is 1. The molecule has 0 unspecified atom stereocenters. The first-order valence-corrected chi connectivity index (χ1v) is 12.0. The van der Waals surface area contributed by atoms with Crippen LogP contribution in [0.3, 0.4) is 0 Å². The summed E-state index contributed by atoms with van der Waals surface area (Å²) in [5, 5.41) is 5.75. The summed E-state index contributed by atoms with van der Waals surface area (Å²) in [4.78, 5) is 42.3. The van der Waals surface area contributed by atoms with Gasteiger partial charge in [-0.2, -0.15) is 0 Å². The van der Waals surface area contributed by atoms with Crippen molar-refractivity contribution in [2.45, 2.75) is 25.0 Å². The lowest BCUT2D eigenvalue weighted by atomic mass is 10.2. The third-order valence-electron chi connectivity index (χ3n) is 4.40. The zero-order valence-electron chi connectivity index (χ0n) is 17.6. The molecule has 1 aromatic carbocycles. The molecular weight excluding hydrogens is 474 g/mol. The number of anilines is 1. The maximum atomic E-state index is 13.1. The number of esters is 1. The van der Waals surface area contributed by atoms with Crippen LogP contribution in [0.2, 0.25) is 5.02 Å². The number of nitrogens with zero attached hydrogens (tertiary/aromatic N) is 2. The molecule has 1 amide bonds. The van der Waals surface area contributed by atoms with Gasteiger partial charge in [-0.3, -0.25) is 14.2 Å². The van der Waals surface area contributed by atoms with Crippen molar-refractivity contribution in [1.29, 1.82) is 0 Å². The molecule has 0 bridgehead atoms. The van der Waals surface area contributed by atoms with Gasteiger partial charge >= 0.3 is 5.97 Å². The van der Waals surface area contributed by atoms with Gasteiger partial charge in [0.15, 0.2) is 5.16 Å². The molecule has 3 aromatic rings. The molecule has 0 radical (unpaired) electrons. The predicted octanol–water partition coefficient (Wildman–Crippen LogP) is 4.06. The maximum Gasteiger partial charge on any atom is 0.350 e. The van der Waals surface area contributed by atoms with Gasteiger partial charge < -0.3 is 14.8 Å². The second-order valence-electron chi connectivity index (χ2n) is 6.55. The zero-order chi connectivity index (χ0) is 23.1. The molecule has 170 valence electrons. The summed E-state index contributed by atoms with van der Waals surface area (Å²) in [6, 6.07) is 6.57. The fourth-order valence-corrected chi connectivity index (χ4v) is 4.68. The number of carbonyl (C=O) groups excluding carboxylic acids is 2. The van der Waals surface area contributed by atoms with Gasteiger partial charge in [-0.05, 0) is 43.0 Å². The summed E-state index contributed by atoms with van der Waals surface area (Å²) < 4.78 is 11.7. The largest absolute Gasteiger partial charge is 0.465 e. The quantitative estimate of drug-likeness (QED) is 0.196. The van der Waals surface area contributed by atoms with Crippen LogP contribution in [0.15, 0.2) is 39.6 Å². The minimum atomic E-state index is -0.515. The van der Waals surface area contributed by atoms with E-state index in [0.717, 1.165) is 11.8 Å². The fourth-order valence-electron chi connectivity index (χ4n) is 2.93. The summed E-state index contributed by atoms with van der Waals surface area (Å²) in [6.07, 6.45) is 0.631. The highest BCUT2D eigenvalue weighted by molar-refractivity contribution is 7.99. The summed E-state index contributed by atoms with van der Waals surface area (Å²) in [5.41, 5.74) is 0.661. The van der Waals surface area contributed by atoms with Crippen molar-refractivity contribution in [2.75, 3.05) is 31.4 Å². The van der Waals surface area contributed by atoms with Gasteiger partial charge in [0.25, 0.3) is 5.56 Å². The number of amides is 1. The van der Waals surface area contributed by atoms with Crippen molar-refractivity contribution in [3.63, 3.8) is 0 Å². The number of rotatable bonds is 10. The predicted molar refractivity (Wildman–Crippen MR) is 127 cm³/mol. The van der Waals surface area contributed by atoms with Crippen LogP contribution >= 0.6 is 34.7 Å². The first-order chi connectivity index (χ1) is 15.4. The van der Waals surface area contributed by atoms with Crippen LogP contribution in [-0.4, -0.2) is 47.5 Å². The summed E-state index contributed by atoms with van der Waals surface area (Å²) in [7, 11) is 1.28. The van der Waals surface area contributed by atoms with Gasteiger partial charge in [-0.1, -0.05) is 23.4 Å². The molecule has 0 saturated heterocycles. The fraction of sp³-hybridized carbons (Fsp3) is 0.333. The zero-order valence-corrected chi connectivity index (χ0v) is 19.9. The highest BCUT2D eigenvalue weighted by Gasteiger charge is 2.17. The van der Waals surface area contributed by atoms with E-state index in [1.165, 1.54) is 18.4 Å². The SMILES string of the molecule is CCOCCCn1c(SCC(=O)Nc2ccsc2C(=O)OC)nc2cc(Cl)ccc2c1=O. The Labute approximate surface area is 197 Å². The van der Waals surface area contributed by atoms with Gasteiger partial charge in [-0.15, -0.1) is 11.3 Å². The molecule has 2 heterocycles. The van der Waals surface area contributed by atoms with Gasteiger partial charge in [0.05, 0.1) is 29.5 Å². The molecule has 8 nitrogen and oxygen atoms in total. The molecule has 11 heteroatoms. The van der Waals surface area contributed by atoms with Crippen LogP contribution in [0.4, 0.5) is 5.69 Å². The Balaban J connectivity index is 1.80. The molecule has 0 spiro atoms. The third kappa shape index (κ3) is 5.89. The standard InChI is InChI=1S/C21H22ClN3O5S2/c1-3-30-9-4-8-25-19(27)14-6-5-13(22)11-16(14)24-21(25)32-12-17(26)23-15-7-10-31-18(15)20(28)29-2/h5-7,10-11H,3-4,8-9,12H2,1-2H3,(H,23,26). The maximum absolute atomic E-state index is 13.1. The molecule has 3 rings (SSSR count). The average Bonchev–Trinajstić information content (AvgIpc) is 3.23. The molecule has 0 saturated carbocycles. The Hall–Kier alpha value is -2.40. The number of carbonyl (C=O) groups is 2. The molecule has 0 aliphatic rings. The van der Waals surface area contributed by atoms with E-state index in [2.05, 4.69) is 10.3 Å². The van der Waals surface area contributed by atoms with Crippen molar-refractivity contribution in [3.8, 4) is 0 Å². The molecule has 2 aromatic heterocycles. The van der Waals surface area contributed by atoms with Crippen molar-refractivity contribution < 1.29 is 19.1 Å². The number of thiophene rings is 1. The van der Waals surface area contributed by atoms with E-state index < -0.39 is 5.97 Å². The molecular formula is C21H22ClN3O5S2. The van der Waals surface area contributed by atoms with Crippen LogP contribution in [0, 0.1) is 0 Å². The van der Waals surface area contributed by atoms with Gasteiger partial charge in [0.2, 0.25) is 5.91 Å². The lowest BCUT2D eigenvalue weighted by Gasteiger charge is -2.13. The van der Waals surface area contributed by atoms with E-state index in [1.54, 1.807) is 34.2 Å². The lowest BCUT2D eigenvalue weighted by Crippen LogP contribution is -2.25. The molecule has 1 N–H and O–H groups in total. The molecule has 0 aliphatic heterocycles. The molecule has 0 fully saturated rings. The lowest BCUT2D eigenvalue weighted by molar-refractivity contribution is -0.113. The van der Waals surface area contributed by atoms with Gasteiger partial charge in [0, 0.05) is 24.8 Å². The third-order valence-corrected chi connectivity index (χ3v) is 6.51. The molecule has 32 heavy (non-hydrogen) atoms. The van der Waals surface area contributed by atoms with Crippen molar-refractivity contribution in [2.24, 2.45) is 0 Å². The average molecular weight is 496 g/mol. The van der Waals surface area contributed by atoms with Gasteiger partial charge in [0.1, 0.15) is 4.88 Å². The van der Waals surface area contributed by atoms with Crippen molar-refractivity contribution >= 4 is 63.2 Å². The van der Waals surface area contributed by atoms with Crippen molar-refractivity contribution in [1.82, 2.24) is 9.55 Å². The number of nitrogens with one attached hydrogen (secondary N) is 1. The van der Waals surface area contributed by atoms with Gasteiger partial charge in [-0.25, -0.2) is 9.78 Å². The Morgan fingerprint density at radius 2 is 2.12 bits per heavy atom. The molecule has 0 atom stereocenters. The number of hydrogen-bond donors (Lipinski definition) is 1. The van der Waals surface area contributed by atoms with Crippen molar-refractivity contribution in [3.05, 3.63) is 49.9 Å². The van der Waals surface area contributed by atoms with Crippen LogP contribution < -0.4 is 10.9 Å². The Bertz CT molecular complexity index is 1180. The van der Waals surface area contributed by atoms with Crippen LogP contribution in [-0.2, 0) is 20.8 Å². The number of aromatic nitrogens is 2. The van der Waals surface area contributed by atoms with Crippen LogP contribution in [0.25, 0.3) is 10.9 Å². The second-order valence-corrected chi connectivity index (χ2v) is 8.85. The minimum absolute atomic E-state index is 0.000428. The first kappa shape index (κ1) is 24.2. The van der Waals surface area contributed by atoms with E-state index in [-0.39, 0.29) is 17.2 Å². The topological polar surface area (TPSA) is 99.5 Å². The minimum Gasteiger partial charge on any atom is -0.465 e. The highest BCUT2D eigenvalue weighted by atomic mass is 35.5. The highest BCUT2D eigenvalue weighted by Crippen LogP contribution is 2.24. The summed E-state index contributed by atoms with van der Waals surface area (Å²) >= 11 is 8.39. The van der Waals surface area contributed by atoms with E-state index in [1.807, 2.05) is 6.92 Å². The number of benzene rings is 1. The summed E-state index contributed by atoms with van der Waals surface area (Å²) in [5.74, 6) is -0.848. The first-order valence-electron chi connectivity index (χ1n) is 9.81. The smallest absolute Gasteiger partial charge is 0.350 e. The normalized spacial score (nSPS) is 11.0. The number of halogens is 1. The Morgan fingerprint density at radius 3 is 2.88 bits per heavy atom. The summed E-state index contributed by atoms with van der Waals surface area (Å²) in [6.45, 7) is 3.43. The molecule has 0 aliphatic carbocycles. The number of fused-ring (bicyclic) bond motifs is 1. The van der Waals surface area contributed by atoms with Crippen LogP contribution in [0.5, 0.6) is 0 Å². The Kier molecular flexibility index (Phi) is 8.68.